The van der Waals surface area contributed by atoms with Crippen molar-refractivity contribution < 1.29 is 4.79 Å². The Bertz CT molecular complexity index is 312. The molecule has 0 aliphatic carbocycles. The first-order valence-electron chi connectivity index (χ1n) is 7.58. The highest BCUT2D eigenvalue weighted by atomic mass is 16.2. The lowest BCUT2D eigenvalue weighted by atomic mass is 9.77. The molecule has 0 aromatic carbocycles. The summed E-state index contributed by atoms with van der Waals surface area (Å²) in [5, 5.41) is 0. The highest BCUT2D eigenvalue weighted by Crippen LogP contribution is 2.34. The molecule has 1 saturated heterocycles. The maximum absolute atomic E-state index is 12.5. The van der Waals surface area contributed by atoms with E-state index in [2.05, 4.69) is 20.8 Å². The molecule has 2 atom stereocenters. The Morgan fingerprint density at radius 2 is 1.68 bits per heavy atom. The number of amides is 1. The Morgan fingerprint density at radius 3 is 2.16 bits per heavy atom. The van der Waals surface area contributed by atoms with Crippen molar-refractivity contribution >= 4 is 5.91 Å². The van der Waals surface area contributed by atoms with Crippen LogP contribution in [-0.4, -0.2) is 29.9 Å². The van der Waals surface area contributed by atoms with E-state index >= 15 is 0 Å². The molecule has 0 aromatic heterocycles. The normalized spacial score (nSPS) is 23.9. The van der Waals surface area contributed by atoms with E-state index in [1.54, 1.807) is 0 Å². The number of carbonyl (C=O) groups excluding carboxylic acids is 1. The summed E-state index contributed by atoms with van der Waals surface area (Å²) in [4.78, 5) is 14.4. The van der Waals surface area contributed by atoms with Gasteiger partial charge in [0, 0.05) is 13.1 Å². The molecule has 0 saturated carbocycles. The highest BCUT2D eigenvalue weighted by Gasteiger charge is 2.33. The molecule has 0 radical (unpaired) electrons. The van der Waals surface area contributed by atoms with Gasteiger partial charge in [0.15, 0.2) is 0 Å². The third-order valence-corrected chi connectivity index (χ3v) is 4.46. The molecule has 1 unspecified atom stereocenters. The van der Waals surface area contributed by atoms with Gasteiger partial charge in [0.25, 0.3) is 0 Å². The summed E-state index contributed by atoms with van der Waals surface area (Å²) in [6, 6.07) is -0.390. The second kappa shape index (κ2) is 5.82. The van der Waals surface area contributed by atoms with Gasteiger partial charge in [-0.15, -0.1) is 0 Å². The Morgan fingerprint density at radius 1 is 1.11 bits per heavy atom. The van der Waals surface area contributed by atoms with Gasteiger partial charge in [0.05, 0.1) is 6.04 Å². The fraction of sp³-hybridized carbons (Fsp3) is 0.938. The van der Waals surface area contributed by atoms with Crippen molar-refractivity contribution in [2.75, 3.05) is 13.1 Å². The zero-order valence-corrected chi connectivity index (χ0v) is 13.6. The molecule has 1 aliphatic heterocycles. The van der Waals surface area contributed by atoms with Crippen molar-refractivity contribution in [3.63, 3.8) is 0 Å². The van der Waals surface area contributed by atoms with E-state index in [0.29, 0.717) is 11.3 Å². The lowest BCUT2D eigenvalue weighted by molar-refractivity contribution is -0.135. The predicted molar refractivity (Wildman–Crippen MR) is 80.8 cm³/mol. The fourth-order valence-corrected chi connectivity index (χ4v) is 2.75. The predicted octanol–water partition coefficient (Wildman–Crippen LogP) is 3.03. The maximum Gasteiger partial charge on any atom is 0.240 e. The number of nitrogens with zero attached hydrogens (tertiary/aromatic N) is 1. The molecule has 2 N–H and O–H groups in total. The van der Waals surface area contributed by atoms with Gasteiger partial charge in [0.2, 0.25) is 5.91 Å². The number of likely N-dealkylation sites (tertiary alicyclic amines) is 1. The van der Waals surface area contributed by atoms with Crippen LogP contribution in [0.15, 0.2) is 0 Å². The Labute approximate surface area is 118 Å². The first kappa shape index (κ1) is 16.5. The topological polar surface area (TPSA) is 46.3 Å². The van der Waals surface area contributed by atoms with E-state index < -0.39 is 6.04 Å². The van der Waals surface area contributed by atoms with E-state index in [0.717, 1.165) is 25.9 Å². The first-order valence-corrected chi connectivity index (χ1v) is 7.58. The lowest BCUT2D eigenvalue weighted by Gasteiger charge is -2.32. The number of rotatable bonds is 1. The minimum absolute atomic E-state index is 0.127. The van der Waals surface area contributed by atoms with Crippen molar-refractivity contribution in [2.45, 2.75) is 66.8 Å². The minimum atomic E-state index is -0.390. The molecule has 19 heavy (non-hydrogen) atoms. The zero-order chi connectivity index (χ0) is 14.8. The molecule has 0 bridgehead atoms. The molecule has 3 nitrogen and oxygen atoms in total. The molecular weight excluding hydrogens is 236 g/mol. The lowest BCUT2D eigenvalue weighted by Crippen LogP contribution is -2.50. The van der Waals surface area contributed by atoms with Crippen LogP contribution in [0, 0.1) is 16.7 Å². The van der Waals surface area contributed by atoms with Crippen molar-refractivity contribution in [3.05, 3.63) is 0 Å². The molecule has 1 fully saturated rings. The SMILES string of the molecule is CC(C)(C)C1CCCN(C(=O)[C@H](N)C(C)(C)C)CC1. The molecule has 112 valence electrons. The van der Waals surface area contributed by atoms with Crippen molar-refractivity contribution in [2.24, 2.45) is 22.5 Å². The summed E-state index contributed by atoms with van der Waals surface area (Å²) in [6.07, 6.45) is 3.43. The van der Waals surface area contributed by atoms with Gasteiger partial charge in [-0.3, -0.25) is 4.79 Å². The summed E-state index contributed by atoms with van der Waals surface area (Å²) in [5.74, 6) is 0.832. The zero-order valence-electron chi connectivity index (χ0n) is 13.6. The van der Waals surface area contributed by atoms with Crippen LogP contribution in [0.4, 0.5) is 0 Å². The van der Waals surface area contributed by atoms with E-state index in [1.807, 2.05) is 25.7 Å². The van der Waals surface area contributed by atoms with Gasteiger partial charge < -0.3 is 10.6 Å². The van der Waals surface area contributed by atoms with E-state index in [9.17, 15) is 4.79 Å². The summed E-state index contributed by atoms with van der Waals surface area (Å²) in [6.45, 7) is 14.7. The summed E-state index contributed by atoms with van der Waals surface area (Å²) in [7, 11) is 0. The van der Waals surface area contributed by atoms with Crippen molar-refractivity contribution in [1.82, 2.24) is 4.90 Å². The van der Waals surface area contributed by atoms with Crippen LogP contribution >= 0.6 is 0 Å². The molecule has 1 amide bonds. The van der Waals surface area contributed by atoms with Gasteiger partial charge in [-0.1, -0.05) is 41.5 Å². The van der Waals surface area contributed by atoms with Crippen LogP contribution < -0.4 is 5.73 Å². The smallest absolute Gasteiger partial charge is 0.240 e. The first-order chi connectivity index (χ1) is 8.53. The molecule has 1 heterocycles. The number of hydrogen-bond donors (Lipinski definition) is 1. The van der Waals surface area contributed by atoms with Crippen LogP contribution in [0.25, 0.3) is 0 Å². The number of hydrogen-bond acceptors (Lipinski definition) is 2. The van der Waals surface area contributed by atoms with E-state index in [4.69, 9.17) is 5.73 Å². The Hall–Kier alpha value is -0.570. The summed E-state index contributed by atoms with van der Waals surface area (Å²) < 4.78 is 0. The third-order valence-electron chi connectivity index (χ3n) is 4.46. The van der Waals surface area contributed by atoms with Crippen LogP contribution in [0.5, 0.6) is 0 Å². The quantitative estimate of drug-likeness (QED) is 0.794. The standard InChI is InChI=1S/C16H32N2O/c1-15(2,3)12-8-7-10-18(11-9-12)14(19)13(17)16(4,5)6/h12-13H,7-11,17H2,1-6H3/t12?,13-/m0/s1. The molecular formula is C16H32N2O. The number of carbonyl (C=O) groups is 1. The van der Waals surface area contributed by atoms with Gasteiger partial charge in [-0.05, 0) is 36.0 Å². The largest absolute Gasteiger partial charge is 0.341 e. The molecule has 1 aliphatic rings. The highest BCUT2D eigenvalue weighted by molar-refractivity contribution is 5.82. The average molecular weight is 268 g/mol. The second-order valence-electron chi connectivity index (χ2n) is 8.16. The van der Waals surface area contributed by atoms with Gasteiger partial charge in [0.1, 0.15) is 0 Å². The average Bonchev–Trinajstić information content (AvgIpc) is 2.50. The van der Waals surface area contributed by atoms with Crippen LogP contribution in [0.3, 0.4) is 0 Å². The van der Waals surface area contributed by atoms with Gasteiger partial charge >= 0.3 is 0 Å². The fourth-order valence-electron chi connectivity index (χ4n) is 2.75. The summed E-state index contributed by atoms with van der Waals surface area (Å²) >= 11 is 0. The van der Waals surface area contributed by atoms with E-state index in [-0.39, 0.29) is 11.3 Å². The molecule has 1 rings (SSSR count). The van der Waals surface area contributed by atoms with E-state index in [1.165, 1.54) is 6.42 Å². The van der Waals surface area contributed by atoms with Crippen LogP contribution in [0.1, 0.15) is 60.8 Å². The Kier molecular flexibility index (Phi) is 5.05. The maximum atomic E-state index is 12.5. The van der Waals surface area contributed by atoms with Crippen molar-refractivity contribution in [3.8, 4) is 0 Å². The van der Waals surface area contributed by atoms with Crippen molar-refractivity contribution in [1.29, 1.82) is 0 Å². The molecule has 3 heteroatoms. The van der Waals surface area contributed by atoms with Gasteiger partial charge in [-0.25, -0.2) is 0 Å². The molecule has 0 aromatic rings. The molecule has 0 spiro atoms. The summed E-state index contributed by atoms with van der Waals surface area (Å²) in [5.41, 5.74) is 6.28. The second-order valence-corrected chi connectivity index (χ2v) is 8.16. The monoisotopic (exact) mass is 268 g/mol. The van der Waals surface area contributed by atoms with Crippen LogP contribution in [0.2, 0.25) is 0 Å². The van der Waals surface area contributed by atoms with Gasteiger partial charge in [-0.2, -0.15) is 0 Å². The number of nitrogens with two attached hydrogens (primary N) is 1. The Balaban J connectivity index is 2.65. The minimum Gasteiger partial charge on any atom is -0.341 e. The third kappa shape index (κ3) is 4.48. The van der Waals surface area contributed by atoms with Crippen LogP contribution in [-0.2, 0) is 4.79 Å².